The zero-order chi connectivity index (χ0) is 14.9. The first-order valence-electron chi connectivity index (χ1n) is 5.48. The molecule has 0 aliphatic carbocycles. The van der Waals surface area contributed by atoms with Crippen molar-refractivity contribution in [3.63, 3.8) is 0 Å². The van der Waals surface area contributed by atoms with Crippen LogP contribution in [0.25, 0.3) is 0 Å². The first-order valence-corrected chi connectivity index (χ1v) is 6.29. The maximum atomic E-state index is 13.2. The summed E-state index contributed by atoms with van der Waals surface area (Å²) >= 11 is 0.463. The number of aromatic nitrogens is 1. The normalized spacial score (nSPS) is 13.5. The number of alkyl halides is 3. The first-order chi connectivity index (χ1) is 9.32. The van der Waals surface area contributed by atoms with Gasteiger partial charge in [-0.05, 0) is 24.7 Å². The van der Waals surface area contributed by atoms with E-state index in [1.807, 2.05) is 0 Å². The molecule has 1 aromatic carbocycles. The highest BCUT2D eigenvalue weighted by Gasteiger charge is 2.35. The Morgan fingerprint density at radius 1 is 1.20 bits per heavy atom. The molecule has 0 bridgehead atoms. The van der Waals surface area contributed by atoms with Crippen molar-refractivity contribution in [2.24, 2.45) is 0 Å². The van der Waals surface area contributed by atoms with Crippen molar-refractivity contribution in [2.75, 3.05) is 7.05 Å². The van der Waals surface area contributed by atoms with Gasteiger partial charge >= 0.3 is 6.18 Å². The number of nitrogens with zero attached hydrogens (tertiary/aromatic N) is 1. The zero-order valence-electron chi connectivity index (χ0n) is 10.1. The minimum absolute atomic E-state index is 0.269. The van der Waals surface area contributed by atoms with E-state index in [9.17, 15) is 22.0 Å². The Morgan fingerprint density at radius 3 is 2.40 bits per heavy atom. The van der Waals surface area contributed by atoms with Gasteiger partial charge in [0.15, 0.2) is 16.6 Å². The molecule has 1 heterocycles. The van der Waals surface area contributed by atoms with Crippen LogP contribution in [0.2, 0.25) is 0 Å². The van der Waals surface area contributed by atoms with E-state index in [1.165, 1.54) is 13.1 Å². The number of thiazole rings is 1. The fourth-order valence-electron chi connectivity index (χ4n) is 1.72. The van der Waals surface area contributed by atoms with Crippen molar-refractivity contribution in [1.82, 2.24) is 10.3 Å². The lowest BCUT2D eigenvalue weighted by atomic mass is 10.1. The largest absolute Gasteiger partial charge is 0.443 e. The van der Waals surface area contributed by atoms with Crippen LogP contribution in [0.1, 0.15) is 21.5 Å². The van der Waals surface area contributed by atoms with Crippen LogP contribution in [0.5, 0.6) is 0 Å². The third-order valence-electron chi connectivity index (χ3n) is 2.62. The molecule has 108 valence electrons. The molecule has 0 fully saturated rings. The Bertz CT molecular complexity index is 608. The summed E-state index contributed by atoms with van der Waals surface area (Å²) in [5, 5.41) is 1.78. The summed E-state index contributed by atoms with van der Waals surface area (Å²) < 4.78 is 63.6. The predicted molar refractivity (Wildman–Crippen MR) is 64.4 cm³/mol. The molecular weight excluding hydrogens is 299 g/mol. The van der Waals surface area contributed by atoms with Crippen molar-refractivity contribution >= 4 is 11.3 Å². The lowest BCUT2D eigenvalue weighted by molar-refractivity contribution is -0.137. The molecule has 20 heavy (non-hydrogen) atoms. The van der Waals surface area contributed by atoms with Gasteiger partial charge in [0, 0.05) is 11.1 Å². The van der Waals surface area contributed by atoms with E-state index in [2.05, 4.69) is 10.3 Å². The van der Waals surface area contributed by atoms with Gasteiger partial charge in [0.05, 0.1) is 6.04 Å². The van der Waals surface area contributed by atoms with Gasteiger partial charge in [-0.3, -0.25) is 0 Å². The van der Waals surface area contributed by atoms with Gasteiger partial charge in [-0.2, -0.15) is 13.2 Å². The third kappa shape index (κ3) is 2.96. The average Bonchev–Trinajstić information content (AvgIpc) is 2.84. The Labute approximate surface area is 115 Å². The molecule has 0 saturated heterocycles. The predicted octanol–water partition coefficient (Wildman–Crippen LogP) is 3.75. The minimum Gasteiger partial charge on any atom is -0.309 e. The maximum absolute atomic E-state index is 13.2. The average molecular weight is 308 g/mol. The van der Waals surface area contributed by atoms with Gasteiger partial charge in [-0.15, -0.1) is 11.3 Å². The molecule has 1 aromatic heterocycles. The van der Waals surface area contributed by atoms with Crippen LogP contribution in [-0.2, 0) is 6.18 Å². The summed E-state index contributed by atoms with van der Waals surface area (Å²) in [6.45, 7) is 0. The molecule has 0 spiro atoms. The highest BCUT2D eigenvalue weighted by Crippen LogP contribution is 2.36. The molecule has 0 amide bonds. The van der Waals surface area contributed by atoms with Gasteiger partial charge in [0.25, 0.3) is 0 Å². The minimum atomic E-state index is -4.52. The number of benzene rings is 1. The van der Waals surface area contributed by atoms with Crippen LogP contribution < -0.4 is 5.32 Å². The molecule has 2 rings (SSSR count). The van der Waals surface area contributed by atoms with Crippen LogP contribution in [0.15, 0.2) is 24.4 Å². The molecule has 1 atom stereocenters. The highest BCUT2D eigenvalue weighted by molar-refractivity contribution is 7.11. The van der Waals surface area contributed by atoms with Crippen LogP contribution >= 0.6 is 11.3 Å². The summed E-state index contributed by atoms with van der Waals surface area (Å²) in [6, 6.07) is 2.51. The quantitative estimate of drug-likeness (QED) is 0.874. The summed E-state index contributed by atoms with van der Waals surface area (Å²) in [7, 11) is 1.51. The highest BCUT2D eigenvalue weighted by atomic mass is 32.1. The van der Waals surface area contributed by atoms with E-state index in [4.69, 9.17) is 0 Å². The van der Waals surface area contributed by atoms with Crippen molar-refractivity contribution in [3.05, 3.63) is 51.5 Å². The Hall–Kier alpha value is -1.54. The third-order valence-corrected chi connectivity index (χ3v) is 3.72. The molecule has 0 aliphatic heterocycles. The molecular formula is C12H9F5N2S. The SMILES string of the molecule is CNC(c1ccc(F)c(F)c1)c1cnc(C(F)(F)F)s1. The Balaban J connectivity index is 2.37. The smallest absolute Gasteiger partial charge is 0.309 e. The summed E-state index contributed by atoms with van der Waals surface area (Å²) in [5.74, 6) is -2.06. The molecule has 0 saturated carbocycles. The molecule has 1 N–H and O–H groups in total. The van der Waals surface area contributed by atoms with Crippen LogP contribution in [-0.4, -0.2) is 12.0 Å². The van der Waals surface area contributed by atoms with E-state index in [1.54, 1.807) is 0 Å². The van der Waals surface area contributed by atoms with E-state index in [0.717, 1.165) is 18.3 Å². The Morgan fingerprint density at radius 2 is 1.90 bits per heavy atom. The lowest BCUT2D eigenvalue weighted by Gasteiger charge is -2.14. The van der Waals surface area contributed by atoms with Crippen LogP contribution in [0.3, 0.4) is 0 Å². The van der Waals surface area contributed by atoms with Gasteiger partial charge in [0.2, 0.25) is 0 Å². The van der Waals surface area contributed by atoms with Gasteiger partial charge in [0.1, 0.15) is 0 Å². The second-order valence-corrected chi connectivity index (χ2v) is 5.02. The van der Waals surface area contributed by atoms with E-state index in [0.29, 0.717) is 16.9 Å². The molecule has 0 aliphatic rings. The van der Waals surface area contributed by atoms with Crippen molar-refractivity contribution < 1.29 is 22.0 Å². The standard InChI is InChI=1S/C12H9F5N2S/c1-18-10(6-2-3-7(13)8(14)4-6)9-5-19-11(20-9)12(15,16)17/h2-5,10,18H,1H3. The maximum Gasteiger partial charge on any atom is 0.443 e. The van der Waals surface area contributed by atoms with Gasteiger partial charge < -0.3 is 5.32 Å². The second-order valence-electron chi connectivity index (χ2n) is 3.96. The molecule has 8 heteroatoms. The monoisotopic (exact) mass is 308 g/mol. The zero-order valence-corrected chi connectivity index (χ0v) is 10.9. The fourth-order valence-corrected chi connectivity index (χ4v) is 2.64. The van der Waals surface area contributed by atoms with Crippen molar-refractivity contribution in [2.45, 2.75) is 12.2 Å². The second kappa shape index (κ2) is 5.45. The number of hydrogen-bond donors (Lipinski definition) is 1. The molecule has 0 radical (unpaired) electrons. The van der Waals surface area contributed by atoms with Crippen molar-refractivity contribution in [3.8, 4) is 0 Å². The van der Waals surface area contributed by atoms with Gasteiger partial charge in [-0.25, -0.2) is 13.8 Å². The summed E-state index contributed by atoms with van der Waals surface area (Å²) in [6.07, 6.45) is -3.44. The molecule has 1 unspecified atom stereocenters. The number of halogens is 5. The first kappa shape index (κ1) is 14.9. The van der Waals surface area contributed by atoms with Gasteiger partial charge in [-0.1, -0.05) is 6.07 Å². The van der Waals surface area contributed by atoms with Crippen LogP contribution in [0, 0.1) is 11.6 Å². The van der Waals surface area contributed by atoms with E-state index >= 15 is 0 Å². The van der Waals surface area contributed by atoms with E-state index in [-0.39, 0.29) is 4.88 Å². The summed E-state index contributed by atoms with van der Waals surface area (Å²) in [5.41, 5.74) is 0.323. The number of rotatable bonds is 3. The molecule has 2 aromatic rings. The topological polar surface area (TPSA) is 24.9 Å². The van der Waals surface area contributed by atoms with E-state index < -0.39 is 28.9 Å². The lowest BCUT2D eigenvalue weighted by Crippen LogP contribution is -2.16. The Kier molecular flexibility index (Phi) is 4.05. The fraction of sp³-hybridized carbons (Fsp3) is 0.250. The summed E-state index contributed by atoms with van der Waals surface area (Å²) in [4.78, 5) is 3.58. The van der Waals surface area contributed by atoms with Crippen molar-refractivity contribution in [1.29, 1.82) is 0 Å². The van der Waals surface area contributed by atoms with Crippen LogP contribution in [0.4, 0.5) is 22.0 Å². The number of nitrogens with one attached hydrogen (secondary N) is 1. The number of hydrogen-bond acceptors (Lipinski definition) is 3. The molecule has 2 nitrogen and oxygen atoms in total.